The first-order chi connectivity index (χ1) is 15.6. The number of hydrogen-bond acceptors (Lipinski definition) is 4. The minimum Gasteiger partial charge on any atom is -0.463 e. The molecule has 0 aromatic heterocycles. The summed E-state index contributed by atoms with van der Waals surface area (Å²) in [6.07, 6.45) is 21.3. The first-order valence-corrected chi connectivity index (χ1v) is 12.4. The molecule has 0 aliphatic heterocycles. The summed E-state index contributed by atoms with van der Waals surface area (Å²) in [7, 11) is 0. The summed E-state index contributed by atoms with van der Waals surface area (Å²) in [6.45, 7) is 2.61. The van der Waals surface area contributed by atoms with Crippen LogP contribution in [0.15, 0.2) is 36.4 Å². The monoisotopic (exact) mass is 448 g/mol. The molecular weight excluding hydrogens is 407 g/mol. The number of carbonyl (C=O) groups is 2. The summed E-state index contributed by atoms with van der Waals surface area (Å²) >= 11 is 0. The van der Waals surface area contributed by atoms with Crippen LogP contribution >= 0.6 is 0 Å². The van der Waals surface area contributed by atoms with Crippen LogP contribution in [0.2, 0.25) is 0 Å². The van der Waals surface area contributed by atoms with Crippen molar-refractivity contribution in [1.82, 2.24) is 0 Å². The fourth-order valence-corrected chi connectivity index (χ4v) is 3.51. The van der Waals surface area contributed by atoms with Gasteiger partial charge in [-0.3, -0.25) is 0 Å². The summed E-state index contributed by atoms with van der Waals surface area (Å²) < 4.78 is 23.0. The van der Waals surface area contributed by atoms with E-state index in [0.717, 1.165) is 37.5 Å². The lowest BCUT2D eigenvalue weighted by molar-refractivity contribution is -0.138. The molecule has 5 heteroatoms. The predicted molar refractivity (Wildman–Crippen MR) is 127 cm³/mol. The third kappa shape index (κ3) is 16.5. The number of benzene rings is 1. The molecule has 180 valence electrons. The van der Waals surface area contributed by atoms with Gasteiger partial charge < -0.3 is 9.47 Å². The molecule has 1 rings (SSSR count). The van der Waals surface area contributed by atoms with Crippen molar-refractivity contribution >= 4 is 11.9 Å². The zero-order valence-electron chi connectivity index (χ0n) is 19.8. The molecule has 0 amide bonds. The summed E-state index contributed by atoms with van der Waals surface area (Å²) in [6, 6.07) is 5.25. The van der Waals surface area contributed by atoms with Crippen LogP contribution in [0.4, 0.5) is 4.39 Å². The number of carbonyl (C=O) groups excluding carboxylic acids is 2. The zero-order valence-corrected chi connectivity index (χ0v) is 19.8. The average Bonchev–Trinajstić information content (AvgIpc) is 2.77. The van der Waals surface area contributed by atoms with Crippen molar-refractivity contribution in [1.29, 1.82) is 0 Å². The van der Waals surface area contributed by atoms with Gasteiger partial charge >= 0.3 is 11.9 Å². The fraction of sp³-hybridized carbons (Fsp3) is 0.630. The van der Waals surface area contributed by atoms with Crippen molar-refractivity contribution in [2.45, 2.75) is 103 Å². The Balaban J connectivity index is 1.89. The molecule has 0 N–H and O–H groups in total. The molecule has 1 aromatic rings. The molecule has 0 heterocycles. The highest BCUT2D eigenvalue weighted by atomic mass is 19.1. The van der Waals surface area contributed by atoms with Gasteiger partial charge in [-0.15, -0.1) is 0 Å². The standard InChI is InChI=1S/C27H41FO4/c1-2-3-4-5-6-7-8-9-10-11-12-13-14-15-16-22-31-26(29)20-21-27(30)32-25-19-17-18-24(28)23-25/h17-21,23H,2-16,22H2,1H3/b21-20+. The van der Waals surface area contributed by atoms with E-state index in [-0.39, 0.29) is 5.75 Å². The molecule has 0 bridgehead atoms. The second kappa shape index (κ2) is 19.5. The molecule has 0 unspecified atom stereocenters. The third-order valence-corrected chi connectivity index (χ3v) is 5.36. The Kier molecular flexibility index (Phi) is 17.0. The van der Waals surface area contributed by atoms with E-state index in [9.17, 15) is 14.0 Å². The Labute approximate surface area is 193 Å². The molecule has 0 saturated carbocycles. The highest BCUT2D eigenvalue weighted by Gasteiger charge is 2.04. The Morgan fingerprint density at radius 3 is 1.78 bits per heavy atom. The lowest BCUT2D eigenvalue weighted by Crippen LogP contribution is -2.07. The third-order valence-electron chi connectivity index (χ3n) is 5.36. The summed E-state index contributed by atoms with van der Waals surface area (Å²) in [5.41, 5.74) is 0. The smallest absolute Gasteiger partial charge is 0.336 e. The molecular formula is C27H41FO4. The van der Waals surface area contributed by atoms with E-state index in [0.29, 0.717) is 6.61 Å². The van der Waals surface area contributed by atoms with Crippen LogP contribution in [0.5, 0.6) is 5.75 Å². The van der Waals surface area contributed by atoms with Gasteiger partial charge in [0.2, 0.25) is 0 Å². The largest absolute Gasteiger partial charge is 0.463 e. The van der Waals surface area contributed by atoms with Crippen LogP contribution in [-0.4, -0.2) is 18.5 Å². The average molecular weight is 449 g/mol. The van der Waals surface area contributed by atoms with E-state index in [4.69, 9.17) is 9.47 Å². The maximum atomic E-state index is 13.0. The van der Waals surface area contributed by atoms with Gasteiger partial charge in [0.25, 0.3) is 0 Å². The highest BCUT2D eigenvalue weighted by molar-refractivity contribution is 5.92. The number of unbranched alkanes of at least 4 members (excludes halogenated alkanes) is 14. The van der Waals surface area contributed by atoms with Crippen molar-refractivity contribution < 1.29 is 23.5 Å². The summed E-state index contributed by atoms with van der Waals surface area (Å²) in [5, 5.41) is 0. The number of halogens is 1. The number of esters is 2. The second-order valence-electron chi connectivity index (χ2n) is 8.33. The van der Waals surface area contributed by atoms with Gasteiger partial charge in [0.15, 0.2) is 0 Å². The Morgan fingerprint density at radius 2 is 1.25 bits per heavy atom. The van der Waals surface area contributed by atoms with Crippen molar-refractivity contribution in [3.8, 4) is 5.75 Å². The molecule has 0 atom stereocenters. The van der Waals surface area contributed by atoms with E-state index >= 15 is 0 Å². The van der Waals surface area contributed by atoms with Gasteiger partial charge in [-0.05, 0) is 18.6 Å². The minimum absolute atomic E-state index is 0.0887. The lowest BCUT2D eigenvalue weighted by Gasteiger charge is -2.04. The quantitative estimate of drug-likeness (QED) is 0.0941. The lowest BCUT2D eigenvalue weighted by atomic mass is 10.0. The molecule has 0 radical (unpaired) electrons. The predicted octanol–water partition coefficient (Wildman–Crippen LogP) is 7.70. The van der Waals surface area contributed by atoms with Crippen LogP contribution in [-0.2, 0) is 14.3 Å². The van der Waals surface area contributed by atoms with Crippen LogP contribution in [0, 0.1) is 5.82 Å². The van der Waals surface area contributed by atoms with E-state index in [2.05, 4.69) is 6.92 Å². The zero-order chi connectivity index (χ0) is 23.3. The number of ether oxygens (including phenoxy) is 2. The summed E-state index contributed by atoms with van der Waals surface area (Å²) in [4.78, 5) is 23.2. The highest BCUT2D eigenvalue weighted by Crippen LogP contribution is 2.14. The molecule has 0 fully saturated rings. The normalized spacial score (nSPS) is 11.1. The SMILES string of the molecule is CCCCCCCCCCCCCCCCCOC(=O)/C=C/C(=O)Oc1cccc(F)c1. The first kappa shape index (κ1) is 27.9. The van der Waals surface area contributed by atoms with E-state index in [1.54, 1.807) is 0 Å². The van der Waals surface area contributed by atoms with E-state index in [1.807, 2.05) is 0 Å². The maximum absolute atomic E-state index is 13.0. The van der Waals surface area contributed by atoms with Crippen LogP contribution in [0.1, 0.15) is 103 Å². The van der Waals surface area contributed by atoms with Crippen LogP contribution < -0.4 is 4.74 Å². The Bertz CT molecular complexity index is 657. The molecule has 0 aliphatic carbocycles. The van der Waals surface area contributed by atoms with Crippen LogP contribution in [0.3, 0.4) is 0 Å². The van der Waals surface area contributed by atoms with Gasteiger partial charge in [0.05, 0.1) is 6.61 Å². The van der Waals surface area contributed by atoms with Crippen molar-refractivity contribution in [2.75, 3.05) is 6.61 Å². The van der Waals surface area contributed by atoms with Gasteiger partial charge in [0, 0.05) is 18.2 Å². The van der Waals surface area contributed by atoms with Gasteiger partial charge in [-0.25, -0.2) is 14.0 Å². The molecule has 4 nitrogen and oxygen atoms in total. The fourth-order valence-electron chi connectivity index (χ4n) is 3.51. The molecule has 1 aromatic carbocycles. The molecule has 32 heavy (non-hydrogen) atoms. The van der Waals surface area contributed by atoms with Gasteiger partial charge in [-0.1, -0.05) is 103 Å². The van der Waals surface area contributed by atoms with Crippen molar-refractivity contribution in [3.63, 3.8) is 0 Å². The van der Waals surface area contributed by atoms with Crippen LogP contribution in [0.25, 0.3) is 0 Å². The topological polar surface area (TPSA) is 52.6 Å². The maximum Gasteiger partial charge on any atom is 0.336 e. The van der Waals surface area contributed by atoms with E-state index in [1.165, 1.54) is 95.2 Å². The van der Waals surface area contributed by atoms with Gasteiger partial charge in [0.1, 0.15) is 11.6 Å². The molecule has 0 saturated heterocycles. The Hall–Kier alpha value is -2.17. The number of hydrogen-bond donors (Lipinski definition) is 0. The minimum atomic E-state index is -0.750. The number of rotatable bonds is 19. The second-order valence-corrected chi connectivity index (χ2v) is 8.33. The molecule has 0 spiro atoms. The van der Waals surface area contributed by atoms with Gasteiger partial charge in [-0.2, -0.15) is 0 Å². The van der Waals surface area contributed by atoms with E-state index < -0.39 is 17.8 Å². The summed E-state index contributed by atoms with van der Waals surface area (Å²) in [5.74, 6) is -1.74. The molecule has 0 aliphatic rings. The first-order valence-electron chi connectivity index (χ1n) is 12.4. The van der Waals surface area contributed by atoms with Crippen molar-refractivity contribution in [3.05, 3.63) is 42.2 Å². The Morgan fingerprint density at radius 1 is 0.750 bits per heavy atom. The van der Waals surface area contributed by atoms with Crippen molar-refractivity contribution in [2.24, 2.45) is 0 Å².